The van der Waals surface area contributed by atoms with Gasteiger partial charge in [0, 0.05) is 48.5 Å². The fraction of sp³-hybridized carbons (Fsp3) is 0. The Labute approximate surface area is 302 Å². The molecule has 18 nitrogen and oxygen atoms in total. The average Bonchev–Trinajstić information content (AvgIpc) is 3.05. The molecule has 0 aliphatic carbocycles. The third-order valence-electron chi connectivity index (χ3n) is 5.84. The molecule has 0 unspecified atom stereocenters. The maximum atomic E-state index is 11.7. The number of halogens is 2. The third-order valence-corrected chi connectivity index (χ3v) is 5.84. The zero-order valence-electron chi connectivity index (χ0n) is 25.4. The van der Waals surface area contributed by atoms with Crippen LogP contribution >= 0.6 is 0 Å². The molecular weight excluding hydrogens is 766 g/mol. The molecule has 51 heavy (non-hydrogen) atoms. The second-order valence-corrected chi connectivity index (χ2v) is 10.7. The molecule has 0 radical (unpaired) electrons. The molecule has 0 spiro atoms. The van der Waals surface area contributed by atoms with Crippen LogP contribution < -0.4 is 56.2 Å². The molecule has 0 fully saturated rings. The molecule has 6 aromatic heterocycles. The SMILES string of the molecule is [Ni+2].[O-][Cl+3]([O-])([O-])[O-].[O-][Cl+3]([O-])([O-])[O-].[O-][n+]1ccccc1-c1cccc(-c2cccc[n+]2[O-])n1.[O-][n+]1ccccc1-c1cccc(-c2cccc[n+]2[O-])n1. The molecule has 21 heteroatoms. The molecule has 0 bridgehead atoms. The molecule has 6 aromatic rings. The molecule has 0 atom stereocenters. The molecule has 0 aliphatic heterocycles. The van der Waals surface area contributed by atoms with Crippen LogP contribution in [-0.4, -0.2) is 9.97 Å². The summed E-state index contributed by atoms with van der Waals surface area (Å²) in [6.45, 7) is 0. The summed E-state index contributed by atoms with van der Waals surface area (Å²) in [5, 5.41) is 47.0. The van der Waals surface area contributed by atoms with Gasteiger partial charge in [-0.15, -0.1) is 20.5 Å². The third kappa shape index (κ3) is 14.7. The first-order valence-corrected chi connectivity index (χ1v) is 15.9. The number of pyridine rings is 6. The van der Waals surface area contributed by atoms with Crippen LogP contribution in [-0.2, 0) is 16.5 Å². The molecule has 0 N–H and O–H groups in total. The zero-order chi connectivity index (χ0) is 36.9. The minimum Gasteiger partial charge on any atom is -0.618 e. The molecular formula is C30H22Cl2N6NiO12. The Kier molecular flexibility index (Phi) is 15.9. The van der Waals surface area contributed by atoms with Gasteiger partial charge in [-0.25, -0.2) is 47.2 Å². The fourth-order valence-electron chi connectivity index (χ4n) is 3.95. The summed E-state index contributed by atoms with van der Waals surface area (Å²) < 4.78 is 71.0. The Morgan fingerprint density at radius 1 is 0.333 bits per heavy atom. The number of hydrogen-bond acceptors (Lipinski definition) is 14. The summed E-state index contributed by atoms with van der Waals surface area (Å²) in [6, 6.07) is 31.0. The predicted octanol–water partition coefficient (Wildman–Crippen LogP) is -6.15. The van der Waals surface area contributed by atoms with E-state index in [1.165, 1.54) is 24.8 Å². The Hall–Kier alpha value is -5.15. The quantitative estimate of drug-likeness (QED) is 0.0912. The second-order valence-electron chi connectivity index (χ2n) is 9.22. The van der Waals surface area contributed by atoms with Crippen LogP contribution in [0.2, 0.25) is 0 Å². The van der Waals surface area contributed by atoms with E-state index in [0.717, 1.165) is 18.9 Å². The van der Waals surface area contributed by atoms with Crippen LogP contribution in [0, 0.1) is 41.3 Å². The Bertz CT molecular complexity index is 1730. The molecule has 0 aromatic carbocycles. The fourth-order valence-corrected chi connectivity index (χ4v) is 3.95. The van der Waals surface area contributed by atoms with Crippen LogP contribution in [0.1, 0.15) is 0 Å². The molecule has 268 valence electrons. The van der Waals surface area contributed by atoms with Gasteiger partial charge >= 0.3 is 16.5 Å². The van der Waals surface area contributed by atoms with Crippen LogP contribution in [0.4, 0.5) is 0 Å². The van der Waals surface area contributed by atoms with Crippen molar-refractivity contribution >= 4 is 0 Å². The Balaban J connectivity index is 0.000000276. The predicted molar refractivity (Wildman–Crippen MR) is 146 cm³/mol. The number of rotatable bonds is 4. The van der Waals surface area contributed by atoms with Gasteiger partial charge in [0.2, 0.25) is 22.8 Å². The summed E-state index contributed by atoms with van der Waals surface area (Å²) in [4.78, 5) is 8.79. The van der Waals surface area contributed by atoms with Crippen molar-refractivity contribution < 1.29 is 93.2 Å². The van der Waals surface area contributed by atoms with Gasteiger partial charge in [0.15, 0.2) is 24.8 Å². The maximum Gasteiger partial charge on any atom is 2.00 e. The van der Waals surface area contributed by atoms with Crippen LogP contribution in [0.5, 0.6) is 0 Å². The Morgan fingerprint density at radius 3 is 0.706 bits per heavy atom. The largest absolute Gasteiger partial charge is 2.00 e. The van der Waals surface area contributed by atoms with E-state index in [1.54, 1.807) is 109 Å². The van der Waals surface area contributed by atoms with Crippen molar-refractivity contribution in [2.45, 2.75) is 0 Å². The molecule has 0 saturated heterocycles. The first-order chi connectivity index (χ1) is 23.5. The van der Waals surface area contributed by atoms with E-state index in [4.69, 9.17) is 37.3 Å². The normalized spacial score (nSPS) is 10.5. The van der Waals surface area contributed by atoms with Crippen LogP contribution in [0.15, 0.2) is 134 Å². The van der Waals surface area contributed by atoms with Crippen LogP contribution in [0.3, 0.4) is 0 Å². The van der Waals surface area contributed by atoms with Gasteiger partial charge < -0.3 is 20.8 Å². The van der Waals surface area contributed by atoms with Gasteiger partial charge in [-0.2, -0.15) is 18.9 Å². The van der Waals surface area contributed by atoms with Gasteiger partial charge in [-0.3, -0.25) is 0 Å². The summed E-state index contributed by atoms with van der Waals surface area (Å²) in [5.41, 5.74) is 3.91. The maximum absolute atomic E-state index is 11.7. The topological polar surface area (TPSA) is 318 Å². The van der Waals surface area contributed by atoms with Crippen molar-refractivity contribution in [2.75, 3.05) is 0 Å². The number of aromatic nitrogens is 6. The molecule has 0 amide bonds. The van der Waals surface area contributed by atoms with Gasteiger partial charge in [0.05, 0.1) is 0 Å². The summed E-state index contributed by atoms with van der Waals surface area (Å²) in [6.07, 6.45) is 5.67. The van der Waals surface area contributed by atoms with Crippen molar-refractivity contribution in [3.8, 4) is 45.6 Å². The average molecular weight is 788 g/mol. The molecule has 0 saturated carbocycles. The van der Waals surface area contributed by atoms with Gasteiger partial charge in [0.1, 0.15) is 22.8 Å². The zero-order valence-corrected chi connectivity index (χ0v) is 27.9. The van der Waals surface area contributed by atoms with E-state index in [1.807, 2.05) is 0 Å². The molecule has 6 heterocycles. The van der Waals surface area contributed by atoms with Crippen molar-refractivity contribution in [1.82, 2.24) is 9.97 Å². The van der Waals surface area contributed by atoms with Crippen molar-refractivity contribution in [2.24, 2.45) is 0 Å². The van der Waals surface area contributed by atoms with E-state index in [2.05, 4.69) is 9.97 Å². The van der Waals surface area contributed by atoms with E-state index in [9.17, 15) is 20.8 Å². The summed E-state index contributed by atoms with van der Waals surface area (Å²) >= 11 is 0. The smallest absolute Gasteiger partial charge is 0.618 e. The van der Waals surface area contributed by atoms with Crippen molar-refractivity contribution in [3.63, 3.8) is 0 Å². The first kappa shape index (κ1) is 42.0. The minimum absolute atomic E-state index is 0. The van der Waals surface area contributed by atoms with E-state index in [0.29, 0.717) is 45.6 Å². The van der Waals surface area contributed by atoms with Gasteiger partial charge in [-0.05, 0) is 48.5 Å². The molecule has 6 rings (SSSR count). The first-order valence-electron chi connectivity index (χ1n) is 13.4. The van der Waals surface area contributed by atoms with Gasteiger partial charge in [-0.1, -0.05) is 12.1 Å². The monoisotopic (exact) mass is 786 g/mol. The van der Waals surface area contributed by atoms with E-state index >= 15 is 0 Å². The van der Waals surface area contributed by atoms with E-state index in [-0.39, 0.29) is 16.5 Å². The Morgan fingerprint density at radius 2 is 0.529 bits per heavy atom. The van der Waals surface area contributed by atoms with Crippen LogP contribution in [0.25, 0.3) is 45.6 Å². The van der Waals surface area contributed by atoms with E-state index < -0.39 is 20.5 Å². The van der Waals surface area contributed by atoms with Crippen molar-refractivity contribution in [1.29, 1.82) is 0 Å². The minimum atomic E-state index is -4.94. The summed E-state index contributed by atoms with van der Waals surface area (Å²) in [7, 11) is -9.89. The number of hydrogen-bond donors (Lipinski definition) is 0. The van der Waals surface area contributed by atoms with Crippen molar-refractivity contribution in [3.05, 3.63) is 155 Å². The van der Waals surface area contributed by atoms with Gasteiger partial charge in [0.25, 0.3) is 0 Å². The standard InChI is InChI=1S/2C15H11N3O2.2ClHO4.Ni/c2*19-17-10-3-1-8-14(17)12-6-5-7-13(16-12)15-9-2-4-11-18(15)20;2*2-1(3,4)5;/h2*1-11H;2*(H,2,3,4,5);/q;;;;+2/p-2. The second kappa shape index (κ2) is 19.3. The number of nitrogens with zero attached hydrogens (tertiary/aromatic N) is 6. The molecule has 0 aliphatic rings. The summed E-state index contributed by atoms with van der Waals surface area (Å²) in [5.74, 6) is 0.